The summed E-state index contributed by atoms with van der Waals surface area (Å²) in [4.78, 5) is 17.0. The van der Waals surface area contributed by atoms with Crippen LogP contribution in [0.5, 0.6) is 0 Å². The van der Waals surface area contributed by atoms with Crippen molar-refractivity contribution >= 4 is 23.3 Å². The first-order valence-electron chi connectivity index (χ1n) is 6.65. The fourth-order valence-electron chi connectivity index (χ4n) is 1.48. The average molecular weight is 297 g/mol. The second kappa shape index (κ2) is 7.89. The van der Waals surface area contributed by atoms with Crippen LogP contribution in [0.3, 0.4) is 0 Å². The maximum atomic E-state index is 11.5. The van der Waals surface area contributed by atoms with Crippen LogP contribution >= 0.6 is 11.3 Å². The summed E-state index contributed by atoms with van der Waals surface area (Å²) in [5.74, 6) is 0.126. The Kier molecular flexibility index (Phi) is 6.51. The second-order valence-electron chi connectivity index (χ2n) is 5.36. The van der Waals surface area contributed by atoms with E-state index in [9.17, 15) is 4.79 Å². The first-order chi connectivity index (χ1) is 9.37. The Balaban J connectivity index is 2.16. The van der Waals surface area contributed by atoms with Crippen LogP contribution in [0.25, 0.3) is 0 Å². The molecule has 0 aliphatic carbocycles. The number of carbonyl (C=O) groups is 1. The summed E-state index contributed by atoms with van der Waals surface area (Å²) < 4.78 is 5.19. The van der Waals surface area contributed by atoms with Crippen molar-refractivity contribution in [3.8, 4) is 0 Å². The van der Waals surface area contributed by atoms with Gasteiger partial charge in [0.1, 0.15) is 5.60 Å². The maximum Gasteiger partial charge on any atom is 0.308 e. The van der Waals surface area contributed by atoms with E-state index in [1.807, 2.05) is 32.2 Å². The van der Waals surface area contributed by atoms with Crippen LogP contribution in [0.1, 0.15) is 32.1 Å². The largest absolute Gasteiger partial charge is 0.460 e. The normalized spacial score (nSPS) is 12.2. The molecule has 0 bridgehead atoms. The van der Waals surface area contributed by atoms with E-state index in [2.05, 4.69) is 16.4 Å². The molecule has 0 amide bonds. The summed E-state index contributed by atoms with van der Waals surface area (Å²) in [5.41, 5.74) is 5.27. The summed E-state index contributed by atoms with van der Waals surface area (Å²) >= 11 is 1.71. The van der Waals surface area contributed by atoms with Gasteiger partial charge >= 0.3 is 5.97 Å². The van der Waals surface area contributed by atoms with E-state index in [4.69, 9.17) is 10.5 Å². The quantitative estimate of drug-likeness (QED) is 0.478. The minimum atomic E-state index is -0.447. The standard InChI is InChI=1S/C14H23N3O2S/c1-14(2,3)19-12(18)7-9-17-13(15)16-8-6-11-5-4-10-20-11/h4-5,10H,6-9H2,1-3H3,(H3,15,16,17). The van der Waals surface area contributed by atoms with Crippen LogP contribution < -0.4 is 11.1 Å². The molecule has 1 aromatic heterocycles. The highest BCUT2D eigenvalue weighted by Gasteiger charge is 2.15. The summed E-state index contributed by atoms with van der Waals surface area (Å²) in [6, 6.07) is 4.10. The first-order valence-corrected chi connectivity index (χ1v) is 7.53. The third kappa shape index (κ3) is 7.78. The molecule has 0 radical (unpaired) electrons. The number of guanidine groups is 1. The van der Waals surface area contributed by atoms with Gasteiger partial charge in [0.2, 0.25) is 0 Å². The van der Waals surface area contributed by atoms with Gasteiger partial charge in [-0.2, -0.15) is 0 Å². The van der Waals surface area contributed by atoms with Gasteiger partial charge in [-0.1, -0.05) is 6.07 Å². The maximum absolute atomic E-state index is 11.5. The van der Waals surface area contributed by atoms with E-state index in [-0.39, 0.29) is 12.4 Å². The van der Waals surface area contributed by atoms with Gasteiger partial charge in [0.15, 0.2) is 5.96 Å². The first kappa shape index (κ1) is 16.5. The molecule has 0 saturated carbocycles. The molecule has 6 heteroatoms. The SMILES string of the molecule is CC(C)(C)OC(=O)CCNC(N)=NCCc1cccs1. The molecular formula is C14H23N3O2S. The Morgan fingerprint density at radius 2 is 2.25 bits per heavy atom. The number of esters is 1. The zero-order chi connectivity index (χ0) is 15.0. The molecule has 0 aliphatic heterocycles. The lowest BCUT2D eigenvalue weighted by Gasteiger charge is -2.19. The van der Waals surface area contributed by atoms with E-state index in [1.165, 1.54) is 4.88 Å². The summed E-state index contributed by atoms with van der Waals surface area (Å²) in [6.07, 6.45) is 1.16. The Bertz CT molecular complexity index is 436. The van der Waals surface area contributed by atoms with Crippen molar-refractivity contribution in [3.63, 3.8) is 0 Å². The van der Waals surface area contributed by atoms with Gasteiger partial charge in [0.25, 0.3) is 0 Å². The molecule has 5 nitrogen and oxygen atoms in total. The molecule has 0 aromatic carbocycles. The van der Waals surface area contributed by atoms with Gasteiger partial charge in [-0.05, 0) is 32.2 Å². The lowest BCUT2D eigenvalue weighted by molar-refractivity contribution is -0.154. The Morgan fingerprint density at radius 1 is 1.50 bits per heavy atom. The fraction of sp³-hybridized carbons (Fsp3) is 0.571. The van der Waals surface area contributed by atoms with E-state index < -0.39 is 5.60 Å². The molecular weight excluding hydrogens is 274 g/mol. The molecule has 1 heterocycles. The number of thiophene rings is 1. The number of rotatable bonds is 6. The molecule has 1 rings (SSSR count). The molecule has 0 spiro atoms. The number of hydrogen-bond acceptors (Lipinski definition) is 4. The van der Waals surface area contributed by atoms with Gasteiger partial charge in [-0.3, -0.25) is 9.79 Å². The van der Waals surface area contributed by atoms with Crippen molar-refractivity contribution in [1.29, 1.82) is 0 Å². The number of ether oxygens (including phenoxy) is 1. The highest BCUT2D eigenvalue weighted by atomic mass is 32.1. The predicted octanol–water partition coefficient (Wildman–Crippen LogP) is 1.93. The third-order valence-corrected chi connectivity index (χ3v) is 3.21. The van der Waals surface area contributed by atoms with Gasteiger partial charge in [-0.15, -0.1) is 11.3 Å². The lowest BCUT2D eigenvalue weighted by Crippen LogP contribution is -2.34. The zero-order valence-electron chi connectivity index (χ0n) is 12.3. The van der Waals surface area contributed by atoms with Crippen molar-refractivity contribution in [3.05, 3.63) is 22.4 Å². The smallest absolute Gasteiger partial charge is 0.308 e. The molecule has 0 fully saturated rings. The van der Waals surface area contributed by atoms with Crippen LogP contribution in [0.4, 0.5) is 0 Å². The van der Waals surface area contributed by atoms with E-state index in [1.54, 1.807) is 11.3 Å². The van der Waals surface area contributed by atoms with Crippen molar-refractivity contribution in [2.24, 2.45) is 10.7 Å². The van der Waals surface area contributed by atoms with Crippen molar-refractivity contribution in [2.45, 2.75) is 39.2 Å². The Morgan fingerprint density at radius 3 is 2.85 bits per heavy atom. The second-order valence-corrected chi connectivity index (χ2v) is 6.39. The molecule has 1 aromatic rings. The number of aliphatic imine (C=N–C) groups is 1. The molecule has 0 saturated heterocycles. The van der Waals surface area contributed by atoms with Crippen LogP contribution in [-0.2, 0) is 16.0 Å². The Hall–Kier alpha value is -1.56. The monoisotopic (exact) mass is 297 g/mol. The molecule has 0 unspecified atom stereocenters. The zero-order valence-corrected chi connectivity index (χ0v) is 13.1. The van der Waals surface area contributed by atoms with E-state index in [0.29, 0.717) is 19.0 Å². The van der Waals surface area contributed by atoms with Crippen LogP contribution in [-0.4, -0.2) is 30.6 Å². The molecule has 20 heavy (non-hydrogen) atoms. The highest BCUT2D eigenvalue weighted by Crippen LogP contribution is 2.09. The van der Waals surface area contributed by atoms with E-state index >= 15 is 0 Å². The summed E-state index contributed by atoms with van der Waals surface area (Å²) in [5, 5.41) is 4.95. The minimum absolute atomic E-state index is 0.239. The highest BCUT2D eigenvalue weighted by molar-refractivity contribution is 7.09. The van der Waals surface area contributed by atoms with Gasteiger partial charge in [0, 0.05) is 24.4 Å². The number of hydrogen-bond donors (Lipinski definition) is 2. The molecule has 0 aliphatic rings. The molecule has 112 valence electrons. The summed E-state index contributed by atoms with van der Waals surface area (Å²) in [6.45, 7) is 6.62. The van der Waals surface area contributed by atoms with Crippen LogP contribution in [0.2, 0.25) is 0 Å². The van der Waals surface area contributed by atoms with Gasteiger partial charge in [-0.25, -0.2) is 0 Å². The van der Waals surface area contributed by atoms with Crippen molar-refractivity contribution in [2.75, 3.05) is 13.1 Å². The minimum Gasteiger partial charge on any atom is -0.460 e. The molecule has 3 N–H and O–H groups in total. The number of nitrogens with two attached hydrogens (primary N) is 1. The van der Waals surface area contributed by atoms with Gasteiger partial charge < -0.3 is 15.8 Å². The van der Waals surface area contributed by atoms with Crippen LogP contribution in [0, 0.1) is 0 Å². The van der Waals surface area contributed by atoms with E-state index in [0.717, 1.165) is 6.42 Å². The average Bonchev–Trinajstić information content (AvgIpc) is 2.79. The topological polar surface area (TPSA) is 76.7 Å². The van der Waals surface area contributed by atoms with Crippen LogP contribution in [0.15, 0.2) is 22.5 Å². The molecule has 0 atom stereocenters. The number of nitrogens with one attached hydrogen (secondary N) is 1. The number of nitrogens with zero attached hydrogens (tertiary/aromatic N) is 1. The summed E-state index contributed by atoms with van der Waals surface area (Å²) in [7, 11) is 0. The third-order valence-electron chi connectivity index (χ3n) is 2.28. The fourth-order valence-corrected chi connectivity index (χ4v) is 2.18. The lowest BCUT2D eigenvalue weighted by atomic mass is 10.2. The van der Waals surface area contributed by atoms with Crippen molar-refractivity contribution < 1.29 is 9.53 Å². The predicted molar refractivity (Wildman–Crippen MR) is 83.0 cm³/mol. The van der Waals surface area contributed by atoms with Gasteiger partial charge in [0.05, 0.1) is 6.42 Å². The van der Waals surface area contributed by atoms with Crippen molar-refractivity contribution in [1.82, 2.24) is 5.32 Å². The number of carbonyl (C=O) groups excluding carboxylic acids is 1. The Labute approximate surface area is 124 Å².